The molecule has 0 radical (unpaired) electrons. The Labute approximate surface area is 178 Å². The summed E-state index contributed by atoms with van der Waals surface area (Å²) in [7, 11) is 3.02. The average molecular weight is 492 g/mol. The van der Waals surface area contributed by atoms with Crippen LogP contribution in [0, 0.1) is 0 Å². The number of nitrogens with zero attached hydrogens (tertiary/aromatic N) is 1. The number of benzene rings is 2. The van der Waals surface area contributed by atoms with Gasteiger partial charge < -0.3 is 5.32 Å². The molecule has 3 rings (SSSR count). The molecule has 1 fully saturated rings. The van der Waals surface area contributed by atoms with E-state index in [9.17, 15) is 4.79 Å². The minimum absolute atomic E-state index is 0.140. The van der Waals surface area contributed by atoms with Crippen molar-refractivity contribution >= 4 is 55.1 Å². The summed E-state index contributed by atoms with van der Waals surface area (Å²) in [5, 5.41) is 3.85. The second kappa shape index (κ2) is 8.74. The van der Waals surface area contributed by atoms with E-state index in [-0.39, 0.29) is 5.91 Å². The van der Waals surface area contributed by atoms with Crippen LogP contribution in [-0.4, -0.2) is 11.1 Å². The fraction of sp³-hybridized carbons (Fsp3) is 0.318. The molecule has 3 nitrogen and oxygen atoms in total. The van der Waals surface area contributed by atoms with Crippen LogP contribution in [0.5, 0.6) is 0 Å². The molecule has 0 heterocycles. The number of halogens is 1. The van der Waals surface area contributed by atoms with Crippen molar-refractivity contribution in [1.29, 1.82) is 0 Å². The summed E-state index contributed by atoms with van der Waals surface area (Å²) in [4.78, 5) is 12.0. The smallest absolute Gasteiger partial charge is 0.259 e. The lowest BCUT2D eigenvalue weighted by molar-refractivity contribution is -0.112. The van der Waals surface area contributed by atoms with E-state index in [4.69, 9.17) is 0 Å². The molecule has 0 spiro atoms. The van der Waals surface area contributed by atoms with Crippen molar-refractivity contribution in [3.8, 4) is 0 Å². The van der Waals surface area contributed by atoms with E-state index in [0.717, 1.165) is 17.1 Å². The number of carbonyl (C=O) groups excluding carboxylic acids is 1. The number of anilines is 3. The van der Waals surface area contributed by atoms with Gasteiger partial charge in [-0.25, -0.2) is 3.11 Å². The van der Waals surface area contributed by atoms with Crippen LogP contribution in [0.4, 0.5) is 17.1 Å². The van der Waals surface area contributed by atoms with Crippen LogP contribution >= 0.6 is 32.1 Å². The van der Waals surface area contributed by atoms with Crippen molar-refractivity contribution < 1.29 is 4.79 Å². The molecule has 1 aliphatic carbocycles. The number of nitrogens with one attached hydrogen (secondary N) is 1. The lowest BCUT2D eigenvalue weighted by Gasteiger charge is -2.34. The van der Waals surface area contributed by atoms with Crippen molar-refractivity contribution in [3.05, 3.63) is 66.7 Å². The first-order valence-electron chi connectivity index (χ1n) is 9.27. The highest BCUT2D eigenvalue weighted by Crippen LogP contribution is 2.42. The van der Waals surface area contributed by atoms with Gasteiger partial charge in [0.15, 0.2) is 0 Å². The Bertz CT molecular complexity index is 809. The lowest BCUT2D eigenvalue weighted by Crippen LogP contribution is -2.23. The summed E-state index contributed by atoms with van der Waals surface area (Å²) >= 11 is 2.01. The Kier molecular flexibility index (Phi) is 6.59. The van der Waals surface area contributed by atoms with Crippen LogP contribution in [-0.2, 0) is 4.79 Å². The highest BCUT2D eigenvalue weighted by Gasteiger charge is 2.27. The van der Waals surface area contributed by atoms with Gasteiger partial charge in [0.25, 0.3) is 5.91 Å². The molecular weight excluding hydrogens is 466 g/mol. The number of carbonyl (C=O) groups is 1. The number of hydrogen-bond acceptors (Lipinski definition) is 2. The number of amides is 1. The molecule has 1 unspecified atom stereocenters. The molecule has 1 saturated carbocycles. The van der Waals surface area contributed by atoms with E-state index in [2.05, 4.69) is 52.3 Å². The minimum Gasteiger partial charge on any atom is -0.354 e. The molecule has 0 aromatic heterocycles. The standard InChI is InChI=1S/C22H26IN2OP/c1-3-21(26)25(23)20-7-5-4-6-19(20)24-18-10-8-16(9-11-18)17-12-14-22(2,27)15-13-17/h3-11,17,24H,1,12-15,27H2,2H3. The zero-order valence-corrected chi connectivity index (χ0v) is 18.9. The van der Waals surface area contributed by atoms with Gasteiger partial charge in [-0.1, -0.05) is 37.8 Å². The Morgan fingerprint density at radius 1 is 1.22 bits per heavy atom. The second-order valence-corrected chi connectivity index (χ2v) is 9.87. The van der Waals surface area contributed by atoms with Crippen LogP contribution in [0.3, 0.4) is 0 Å². The van der Waals surface area contributed by atoms with Gasteiger partial charge >= 0.3 is 0 Å². The maximum Gasteiger partial charge on any atom is 0.259 e. The molecule has 2 aromatic rings. The van der Waals surface area contributed by atoms with Gasteiger partial charge in [0.2, 0.25) is 0 Å². The zero-order chi connectivity index (χ0) is 19.4. The van der Waals surface area contributed by atoms with Gasteiger partial charge in [-0.3, -0.25) is 4.79 Å². The van der Waals surface area contributed by atoms with Crippen LogP contribution in [0.2, 0.25) is 0 Å². The van der Waals surface area contributed by atoms with Crippen LogP contribution < -0.4 is 8.43 Å². The predicted octanol–water partition coefficient (Wildman–Crippen LogP) is 6.59. The van der Waals surface area contributed by atoms with Gasteiger partial charge in [0.1, 0.15) is 0 Å². The second-order valence-electron chi connectivity index (χ2n) is 7.52. The molecule has 1 atom stereocenters. The Balaban J connectivity index is 1.72. The largest absolute Gasteiger partial charge is 0.354 e. The van der Waals surface area contributed by atoms with Crippen LogP contribution in [0.1, 0.15) is 44.1 Å². The maximum atomic E-state index is 12.0. The molecule has 0 saturated heterocycles. The van der Waals surface area contributed by atoms with E-state index in [0.29, 0.717) is 11.1 Å². The summed E-state index contributed by atoms with van der Waals surface area (Å²) in [5.74, 6) is 0.522. The van der Waals surface area contributed by atoms with E-state index in [1.54, 1.807) is 3.11 Å². The SMILES string of the molecule is C=CC(=O)N(I)c1ccccc1Nc1ccc(C2CCC(C)(P)CC2)cc1. The van der Waals surface area contributed by atoms with Gasteiger partial charge in [-0.15, -0.1) is 9.24 Å². The highest BCUT2D eigenvalue weighted by atomic mass is 127. The topological polar surface area (TPSA) is 32.3 Å². The molecule has 27 heavy (non-hydrogen) atoms. The number of rotatable bonds is 5. The molecule has 1 N–H and O–H groups in total. The van der Waals surface area contributed by atoms with E-state index < -0.39 is 0 Å². The van der Waals surface area contributed by atoms with E-state index in [1.165, 1.54) is 37.3 Å². The van der Waals surface area contributed by atoms with Crippen molar-refractivity contribution in [2.45, 2.75) is 43.7 Å². The van der Waals surface area contributed by atoms with Crippen molar-refractivity contribution in [1.82, 2.24) is 0 Å². The summed E-state index contributed by atoms with van der Waals surface area (Å²) in [6, 6.07) is 16.5. The Hall–Kier alpha value is -1.39. The van der Waals surface area contributed by atoms with Crippen LogP contribution in [0.25, 0.3) is 0 Å². The molecule has 0 aliphatic heterocycles. The van der Waals surface area contributed by atoms with Crippen molar-refractivity contribution in [3.63, 3.8) is 0 Å². The third kappa shape index (κ3) is 5.11. The molecule has 5 heteroatoms. The third-order valence-corrected chi connectivity index (χ3v) is 6.85. The fourth-order valence-corrected chi connectivity index (χ4v) is 4.51. The maximum absolute atomic E-state index is 12.0. The Morgan fingerprint density at radius 3 is 2.48 bits per heavy atom. The molecule has 0 bridgehead atoms. The molecule has 142 valence electrons. The fourth-order valence-electron chi connectivity index (χ4n) is 3.55. The summed E-state index contributed by atoms with van der Waals surface area (Å²) < 4.78 is 1.57. The average Bonchev–Trinajstić information content (AvgIpc) is 2.68. The molecular formula is C22H26IN2OP. The number of para-hydroxylation sites is 2. The van der Waals surface area contributed by atoms with Gasteiger partial charge in [-0.05, 0) is 72.7 Å². The summed E-state index contributed by atoms with van der Waals surface area (Å²) in [6.07, 6.45) is 6.35. The predicted molar refractivity (Wildman–Crippen MR) is 127 cm³/mol. The van der Waals surface area contributed by atoms with Crippen LogP contribution in [0.15, 0.2) is 61.2 Å². The first-order chi connectivity index (χ1) is 12.9. The van der Waals surface area contributed by atoms with Gasteiger partial charge in [0, 0.05) is 5.69 Å². The normalized spacial score (nSPS) is 22.1. The third-order valence-electron chi connectivity index (χ3n) is 5.27. The van der Waals surface area contributed by atoms with Crippen molar-refractivity contribution in [2.24, 2.45) is 0 Å². The first kappa shape index (κ1) is 20.3. The quantitative estimate of drug-likeness (QED) is 0.221. The zero-order valence-electron chi connectivity index (χ0n) is 15.6. The highest BCUT2D eigenvalue weighted by molar-refractivity contribution is 14.1. The van der Waals surface area contributed by atoms with E-state index in [1.807, 2.05) is 47.1 Å². The van der Waals surface area contributed by atoms with E-state index >= 15 is 0 Å². The Morgan fingerprint density at radius 2 is 1.85 bits per heavy atom. The first-order valence-corrected chi connectivity index (χ1v) is 10.8. The molecule has 1 aliphatic rings. The van der Waals surface area contributed by atoms with Crippen molar-refractivity contribution in [2.75, 3.05) is 8.43 Å². The molecule has 2 aromatic carbocycles. The summed E-state index contributed by atoms with van der Waals surface area (Å²) in [5.41, 5.74) is 4.16. The van der Waals surface area contributed by atoms with Gasteiger partial charge in [-0.2, -0.15) is 0 Å². The van der Waals surface area contributed by atoms with Gasteiger partial charge in [0.05, 0.1) is 34.2 Å². The number of hydrogen-bond donors (Lipinski definition) is 1. The monoisotopic (exact) mass is 492 g/mol. The molecule has 1 amide bonds. The lowest BCUT2D eigenvalue weighted by atomic mass is 9.79. The minimum atomic E-state index is -0.140. The summed E-state index contributed by atoms with van der Waals surface area (Å²) in [6.45, 7) is 5.91.